The zero-order valence-corrected chi connectivity index (χ0v) is 13.7. The third-order valence-corrected chi connectivity index (χ3v) is 4.27. The van der Waals surface area contributed by atoms with Gasteiger partial charge in [0.15, 0.2) is 0 Å². The topological polar surface area (TPSA) is 61.4 Å². The number of hydrogen-bond acceptors (Lipinski definition) is 3. The van der Waals surface area contributed by atoms with E-state index in [1.807, 2.05) is 54.6 Å². The molecule has 0 saturated heterocycles. The summed E-state index contributed by atoms with van der Waals surface area (Å²) in [5, 5.41) is 4.61. The van der Waals surface area contributed by atoms with Crippen LogP contribution in [0.15, 0.2) is 54.6 Å². The molecule has 5 heteroatoms. The van der Waals surface area contributed by atoms with Gasteiger partial charge < -0.3 is 5.32 Å². The quantitative estimate of drug-likeness (QED) is 0.832. The molecule has 0 spiro atoms. The number of hydrogen-bond donors (Lipinski definition) is 2. The number of anilines is 2. The van der Waals surface area contributed by atoms with Gasteiger partial charge in [-0.3, -0.25) is 20.0 Å². The van der Waals surface area contributed by atoms with E-state index in [0.29, 0.717) is 19.3 Å². The molecular weight excluding hydrogens is 302 g/mol. The summed E-state index contributed by atoms with van der Waals surface area (Å²) < 4.78 is 0. The normalized spacial score (nSPS) is 16.0. The Kier molecular flexibility index (Phi) is 4.79. The van der Waals surface area contributed by atoms with Crippen LogP contribution >= 0.6 is 0 Å². The van der Waals surface area contributed by atoms with E-state index < -0.39 is 0 Å². The molecule has 0 bridgehead atoms. The molecule has 1 atom stereocenters. The minimum Gasteiger partial charge on any atom is -0.326 e. The third-order valence-electron chi connectivity index (χ3n) is 4.27. The standard InChI is InChI=1S/C19H21N3O2/c1-22(16-8-3-2-4-9-16)21-18(23)12-11-15-13-14-7-5-6-10-17(14)20-19(15)24/h2-10,15H,11-13H2,1H3,(H,20,24)(H,21,23)/t15-/m1/s1. The molecule has 0 aromatic heterocycles. The van der Waals surface area contributed by atoms with Crippen molar-refractivity contribution in [2.24, 2.45) is 5.92 Å². The molecular formula is C19H21N3O2. The van der Waals surface area contributed by atoms with E-state index in [1.54, 1.807) is 12.1 Å². The van der Waals surface area contributed by atoms with Gasteiger partial charge in [0.05, 0.1) is 5.69 Å². The number of hydrazine groups is 1. The lowest BCUT2D eigenvalue weighted by Crippen LogP contribution is -2.40. The fourth-order valence-electron chi connectivity index (χ4n) is 2.91. The van der Waals surface area contributed by atoms with Crippen LogP contribution in [-0.4, -0.2) is 18.9 Å². The summed E-state index contributed by atoms with van der Waals surface area (Å²) >= 11 is 0. The molecule has 24 heavy (non-hydrogen) atoms. The highest BCUT2D eigenvalue weighted by Crippen LogP contribution is 2.27. The zero-order valence-electron chi connectivity index (χ0n) is 13.7. The van der Waals surface area contributed by atoms with Gasteiger partial charge >= 0.3 is 0 Å². The van der Waals surface area contributed by atoms with E-state index in [9.17, 15) is 9.59 Å². The molecule has 1 aliphatic heterocycles. The average Bonchev–Trinajstić information content (AvgIpc) is 2.60. The number of amides is 2. The first-order valence-electron chi connectivity index (χ1n) is 8.10. The summed E-state index contributed by atoms with van der Waals surface area (Å²) in [5.41, 5.74) is 5.75. The van der Waals surface area contributed by atoms with Gasteiger partial charge in [0, 0.05) is 25.1 Å². The summed E-state index contributed by atoms with van der Waals surface area (Å²) in [6, 6.07) is 17.4. The number of benzene rings is 2. The molecule has 0 radical (unpaired) electrons. The Hall–Kier alpha value is -2.82. The Morgan fingerprint density at radius 2 is 1.88 bits per heavy atom. The molecule has 0 aliphatic carbocycles. The minimum atomic E-state index is -0.160. The molecule has 2 amide bonds. The summed E-state index contributed by atoms with van der Waals surface area (Å²) in [5.74, 6) is -0.251. The summed E-state index contributed by atoms with van der Waals surface area (Å²) in [4.78, 5) is 24.3. The fourth-order valence-corrected chi connectivity index (χ4v) is 2.91. The lowest BCUT2D eigenvalue weighted by molar-refractivity contribution is -0.122. The van der Waals surface area contributed by atoms with Gasteiger partial charge in [-0.2, -0.15) is 0 Å². The third kappa shape index (κ3) is 3.74. The predicted molar refractivity (Wildman–Crippen MR) is 94.5 cm³/mol. The number of nitrogens with one attached hydrogen (secondary N) is 2. The second-order valence-corrected chi connectivity index (χ2v) is 6.02. The average molecular weight is 323 g/mol. The van der Waals surface area contributed by atoms with E-state index in [-0.39, 0.29) is 17.7 Å². The predicted octanol–water partition coefficient (Wildman–Crippen LogP) is 2.75. The Labute approximate surface area is 141 Å². The highest BCUT2D eigenvalue weighted by Gasteiger charge is 2.26. The van der Waals surface area contributed by atoms with Gasteiger partial charge in [0.25, 0.3) is 0 Å². The van der Waals surface area contributed by atoms with Gasteiger partial charge in [-0.15, -0.1) is 0 Å². The van der Waals surface area contributed by atoms with Crippen LogP contribution in [0.5, 0.6) is 0 Å². The SMILES string of the molecule is CN(NC(=O)CC[C@@H]1Cc2ccccc2NC1=O)c1ccccc1. The van der Waals surface area contributed by atoms with Crippen LogP contribution in [0.3, 0.4) is 0 Å². The number of nitrogens with zero attached hydrogens (tertiary/aromatic N) is 1. The van der Waals surface area contributed by atoms with Crippen molar-refractivity contribution < 1.29 is 9.59 Å². The second kappa shape index (κ2) is 7.17. The maximum atomic E-state index is 12.2. The number of rotatable bonds is 5. The van der Waals surface area contributed by atoms with Gasteiger partial charge in [-0.05, 0) is 36.6 Å². The monoisotopic (exact) mass is 323 g/mol. The van der Waals surface area contributed by atoms with Crippen LogP contribution in [0.1, 0.15) is 18.4 Å². The highest BCUT2D eigenvalue weighted by atomic mass is 16.2. The molecule has 2 N–H and O–H groups in total. The zero-order chi connectivity index (χ0) is 16.9. The van der Waals surface area contributed by atoms with Crippen molar-refractivity contribution >= 4 is 23.2 Å². The Balaban J connectivity index is 1.52. The Morgan fingerprint density at radius 1 is 1.17 bits per heavy atom. The summed E-state index contributed by atoms with van der Waals surface area (Å²) in [6.45, 7) is 0. The van der Waals surface area contributed by atoms with Crippen LogP contribution in [0.2, 0.25) is 0 Å². The summed E-state index contributed by atoms with van der Waals surface area (Å²) in [7, 11) is 1.80. The van der Waals surface area contributed by atoms with E-state index in [1.165, 1.54) is 0 Å². The van der Waals surface area contributed by atoms with Crippen LogP contribution < -0.4 is 15.8 Å². The van der Waals surface area contributed by atoms with E-state index in [4.69, 9.17) is 0 Å². The van der Waals surface area contributed by atoms with Gasteiger partial charge in [0.1, 0.15) is 0 Å². The first-order valence-corrected chi connectivity index (χ1v) is 8.10. The van der Waals surface area contributed by atoms with Crippen molar-refractivity contribution in [1.29, 1.82) is 0 Å². The smallest absolute Gasteiger partial charge is 0.238 e. The maximum absolute atomic E-state index is 12.2. The molecule has 1 heterocycles. The first kappa shape index (κ1) is 16.1. The van der Waals surface area contributed by atoms with Crippen molar-refractivity contribution in [2.75, 3.05) is 17.4 Å². The molecule has 0 unspecified atom stereocenters. The van der Waals surface area contributed by atoms with Crippen molar-refractivity contribution in [3.63, 3.8) is 0 Å². The van der Waals surface area contributed by atoms with Crippen LogP contribution in [0, 0.1) is 5.92 Å². The van der Waals surface area contributed by atoms with E-state index in [0.717, 1.165) is 16.9 Å². The van der Waals surface area contributed by atoms with Crippen molar-refractivity contribution in [3.8, 4) is 0 Å². The molecule has 5 nitrogen and oxygen atoms in total. The number of carbonyl (C=O) groups is 2. The fraction of sp³-hybridized carbons (Fsp3) is 0.263. The molecule has 0 saturated carbocycles. The number of para-hydroxylation sites is 2. The van der Waals surface area contributed by atoms with E-state index in [2.05, 4.69) is 10.7 Å². The molecule has 1 aliphatic rings. The van der Waals surface area contributed by atoms with Crippen molar-refractivity contribution in [3.05, 3.63) is 60.2 Å². The highest BCUT2D eigenvalue weighted by molar-refractivity contribution is 5.96. The van der Waals surface area contributed by atoms with Gasteiger partial charge in [-0.25, -0.2) is 0 Å². The van der Waals surface area contributed by atoms with Gasteiger partial charge in [0.2, 0.25) is 11.8 Å². The number of fused-ring (bicyclic) bond motifs is 1. The lowest BCUT2D eigenvalue weighted by atomic mass is 9.89. The molecule has 2 aromatic rings. The summed E-state index contributed by atoms with van der Waals surface area (Å²) in [6.07, 6.45) is 1.54. The van der Waals surface area contributed by atoms with Crippen LogP contribution in [-0.2, 0) is 16.0 Å². The van der Waals surface area contributed by atoms with Gasteiger partial charge in [-0.1, -0.05) is 36.4 Å². The lowest BCUT2D eigenvalue weighted by Gasteiger charge is -2.25. The molecule has 3 rings (SSSR count). The Bertz CT molecular complexity index is 730. The first-order chi connectivity index (χ1) is 11.6. The molecule has 2 aromatic carbocycles. The number of carbonyl (C=O) groups excluding carboxylic acids is 2. The minimum absolute atomic E-state index is 0.00193. The largest absolute Gasteiger partial charge is 0.326 e. The van der Waals surface area contributed by atoms with Crippen LogP contribution in [0.4, 0.5) is 11.4 Å². The molecule has 0 fully saturated rings. The van der Waals surface area contributed by atoms with Crippen molar-refractivity contribution in [1.82, 2.24) is 5.43 Å². The van der Waals surface area contributed by atoms with Crippen LogP contribution in [0.25, 0.3) is 0 Å². The molecule has 124 valence electrons. The van der Waals surface area contributed by atoms with E-state index >= 15 is 0 Å². The Morgan fingerprint density at radius 3 is 2.67 bits per heavy atom. The maximum Gasteiger partial charge on any atom is 0.238 e. The van der Waals surface area contributed by atoms with Crippen molar-refractivity contribution in [2.45, 2.75) is 19.3 Å². The second-order valence-electron chi connectivity index (χ2n) is 6.02.